The van der Waals surface area contributed by atoms with E-state index < -0.39 is 0 Å². The average molecular weight is 211 g/mol. The molecule has 4 nitrogen and oxygen atoms in total. The Kier molecular flexibility index (Phi) is 3.49. The van der Waals surface area contributed by atoms with Gasteiger partial charge in [-0.05, 0) is 31.5 Å². The number of nitrogens with zero attached hydrogens (tertiary/aromatic N) is 1. The van der Waals surface area contributed by atoms with Crippen LogP contribution in [0.5, 0.6) is 0 Å². The fourth-order valence-corrected chi connectivity index (χ4v) is 1.09. The second-order valence-corrected chi connectivity index (χ2v) is 3.35. The minimum atomic E-state index is -0.350. The summed E-state index contributed by atoms with van der Waals surface area (Å²) in [4.78, 5) is 0. The molecule has 0 saturated heterocycles. The Labute approximate surface area is 87.6 Å². The first-order chi connectivity index (χ1) is 7.04. The van der Waals surface area contributed by atoms with Crippen molar-refractivity contribution in [2.24, 2.45) is 10.9 Å². The summed E-state index contributed by atoms with van der Waals surface area (Å²) in [6, 6.07) is 4.42. The molecular weight excluding hydrogens is 197 g/mol. The van der Waals surface area contributed by atoms with Crippen LogP contribution in [-0.4, -0.2) is 17.1 Å². The highest BCUT2D eigenvalue weighted by atomic mass is 19.1. The van der Waals surface area contributed by atoms with Gasteiger partial charge < -0.3 is 16.3 Å². The summed E-state index contributed by atoms with van der Waals surface area (Å²) in [5.41, 5.74) is 6.55. The van der Waals surface area contributed by atoms with E-state index in [0.717, 1.165) is 0 Å². The number of hydrogen-bond donors (Lipinski definition) is 3. The lowest BCUT2D eigenvalue weighted by Gasteiger charge is -2.13. The number of nitrogens with one attached hydrogen (secondary N) is 1. The molecule has 0 saturated carbocycles. The van der Waals surface area contributed by atoms with E-state index in [1.54, 1.807) is 26.0 Å². The van der Waals surface area contributed by atoms with Gasteiger partial charge in [0.1, 0.15) is 5.82 Å². The number of anilines is 1. The minimum absolute atomic E-state index is 0.0518. The topological polar surface area (TPSA) is 70.6 Å². The van der Waals surface area contributed by atoms with Gasteiger partial charge in [0.05, 0.1) is 6.04 Å². The van der Waals surface area contributed by atoms with Crippen LogP contribution >= 0.6 is 0 Å². The van der Waals surface area contributed by atoms with Gasteiger partial charge in [-0.2, -0.15) is 0 Å². The van der Waals surface area contributed by atoms with Crippen LogP contribution in [0.3, 0.4) is 0 Å². The van der Waals surface area contributed by atoms with Crippen molar-refractivity contribution in [3.63, 3.8) is 0 Å². The Morgan fingerprint density at radius 2 is 2.27 bits per heavy atom. The van der Waals surface area contributed by atoms with Crippen molar-refractivity contribution in [3.8, 4) is 0 Å². The number of aryl methyl sites for hydroxylation is 1. The molecule has 0 bridgehead atoms. The number of hydrogen-bond acceptors (Lipinski definition) is 3. The molecule has 1 rings (SSSR count). The summed E-state index contributed by atoms with van der Waals surface area (Å²) in [5.74, 6) is -0.234. The van der Waals surface area contributed by atoms with Crippen molar-refractivity contribution in [1.82, 2.24) is 0 Å². The van der Waals surface area contributed by atoms with E-state index >= 15 is 0 Å². The van der Waals surface area contributed by atoms with Crippen molar-refractivity contribution in [2.45, 2.75) is 19.9 Å². The quantitative estimate of drug-likeness (QED) is 0.308. The summed E-state index contributed by atoms with van der Waals surface area (Å²) in [6.45, 7) is 3.40. The molecule has 4 N–H and O–H groups in total. The van der Waals surface area contributed by atoms with Gasteiger partial charge >= 0.3 is 0 Å². The summed E-state index contributed by atoms with van der Waals surface area (Å²) in [5, 5.41) is 14.2. The fraction of sp³-hybridized carbons (Fsp3) is 0.300. The van der Waals surface area contributed by atoms with Gasteiger partial charge in [-0.15, -0.1) is 0 Å². The summed E-state index contributed by atoms with van der Waals surface area (Å²) >= 11 is 0. The van der Waals surface area contributed by atoms with Crippen molar-refractivity contribution in [3.05, 3.63) is 29.6 Å². The van der Waals surface area contributed by atoms with Crippen molar-refractivity contribution in [2.75, 3.05) is 5.32 Å². The predicted molar refractivity (Wildman–Crippen MR) is 57.6 cm³/mol. The number of nitrogens with two attached hydrogens (primary N) is 1. The molecule has 1 aromatic rings. The molecule has 15 heavy (non-hydrogen) atoms. The Bertz CT molecular complexity index is 379. The highest BCUT2D eigenvalue weighted by Crippen LogP contribution is 2.14. The Hall–Kier alpha value is -1.78. The molecular formula is C10H14FN3O. The molecule has 0 fully saturated rings. The summed E-state index contributed by atoms with van der Waals surface area (Å²) in [6.07, 6.45) is 0. The van der Waals surface area contributed by atoms with Gasteiger partial charge in [0.15, 0.2) is 5.84 Å². The second kappa shape index (κ2) is 4.63. The van der Waals surface area contributed by atoms with Crippen LogP contribution in [0.1, 0.15) is 12.5 Å². The van der Waals surface area contributed by atoms with Crippen LogP contribution < -0.4 is 11.1 Å². The third-order valence-corrected chi connectivity index (χ3v) is 2.11. The van der Waals surface area contributed by atoms with Gasteiger partial charge in [-0.3, -0.25) is 0 Å². The SMILES string of the molecule is Cc1ccc(NC(C)C(N)=NO)cc1F. The predicted octanol–water partition coefficient (Wildman–Crippen LogP) is 1.68. The zero-order valence-corrected chi connectivity index (χ0v) is 8.66. The first-order valence-corrected chi connectivity index (χ1v) is 4.54. The van der Waals surface area contributed by atoms with E-state index in [0.29, 0.717) is 11.3 Å². The van der Waals surface area contributed by atoms with Crippen LogP contribution in [0.2, 0.25) is 0 Å². The lowest BCUT2D eigenvalue weighted by molar-refractivity contribution is 0.316. The van der Waals surface area contributed by atoms with Gasteiger partial charge in [-0.1, -0.05) is 11.2 Å². The molecule has 0 spiro atoms. The van der Waals surface area contributed by atoms with E-state index in [1.807, 2.05) is 0 Å². The standard InChI is InChI=1S/C10H14FN3O/c1-6-3-4-8(5-9(6)11)13-7(2)10(12)14-15/h3-5,7,13,15H,1-2H3,(H2,12,14). The monoisotopic (exact) mass is 211 g/mol. The van der Waals surface area contributed by atoms with E-state index in [1.165, 1.54) is 6.07 Å². The lowest BCUT2D eigenvalue weighted by Crippen LogP contribution is -2.32. The van der Waals surface area contributed by atoms with Crippen LogP contribution in [0, 0.1) is 12.7 Å². The molecule has 0 amide bonds. The third kappa shape index (κ3) is 2.83. The molecule has 0 heterocycles. The molecule has 0 aliphatic heterocycles. The normalized spacial score (nSPS) is 13.7. The zero-order chi connectivity index (χ0) is 11.4. The van der Waals surface area contributed by atoms with Crippen molar-refractivity contribution >= 4 is 11.5 Å². The molecule has 1 aromatic carbocycles. The highest BCUT2D eigenvalue weighted by molar-refractivity contribution is 5.87. The molecule has 0 aliphatic carbocycles. The number of rotatable bonds is 3. The first kappa shape index (κ1) is 11.3. The van der Waals surface area contributed by atoms with E-state index in [2.05, 4.69) is 10.5 Å². The third-order valence-electron chi connectivity index (χ3n) is 2.11. The molecule has 1 atom stereocenters. The maximum Gasteiger partial charge on any atom is 0.161 e. The Balaban J connectivity index is 2.77. The van der Waals surface area contributed by atoms with Crippen LogP contribution in [0.25, 0.3) is 0 Å². The minimum Gasteiger partial charge on any atom is -0.409 e. The molecule has 0 radical (unpaired) electrons. The first-order valence-electron chi connectivity index (χ1n) is 4.54. The fourth-order valence-electron chi connectivity index (χ4n) is 1.09. The van der Waals surface area contributed by atoms with E-state index in [9.17, 15) is 4.39 Å². The summed E-state index contributed by atoms with van der Waals surface area (Å²) < 4.78 is 13.2. The maximum absolute atomic E-state index is 13.2. The van der Waals surface area contributed by atoms with Crippen molar-refractivity contribution < 1.29 is 9.60 Å². The number of benzene rings is 1. The maximum atomic E-state index is 13.2. The van der Waals surface area contributed by atoms with Crippen LogP contribution in [0.4, 0.5) is 10.1 Å². The van der Waals surface area contributed by atoms with Gasteiger partial charge in [0, 0.05) is 5.69 Å². The Morgan fingerprint density at radius 3 is 2.80 bits per heavy atom. The van der Waals surface area contributed by atoms with Gasteiger partial charge in [0.2, 0.25) is 0 Å². The Morgan fingerprint density at radius 1 is 1.60 bits per heavy atom. The lowest BCUT2D eigenvalue weighted by atomic mass is 10.2. The molecule has 82 valence electrons. The van der Waals surface area contributed by atoms with E-state index in [-0.39, 0.29) is 17.7 Å². The van der Waals surface area contributed by atoms with Gasteiger partial charge in [-0.25, -0.2) is 4.39 Å². The van der Waals surface area contributed by atoms with E-state index in [4.69, 9.17) is 10.9 Å². The average Bonchev–Trinajstić information content (AvgIpc) is 2.22. The smallest absolute Gasteiger partial charge is 0.161 e. The van der Waals surface area contributed by atoms with Crippen LogP contribution in [0.15, 0.2) is 23.4 Å². The zero-order valence-electron chi connectivity index (χ0n) is 8.66. The van der Waals surface area contributed by atoms with Crippen molar-refractivity contribution in [1.29, 1.82) is 0 Å². The molecule has 1 unspecified atom stereocenters. The molecule has 0 aromatic heterocycles. The summed E-state index contributed by atoms with van der Waals surface area (Å²) in [7, 11) is 0. The molecule has 5 heteroatoms. The second-order valence-electron chi connectivity index (χ2n) is 3.35. The van der Waals surface area contributed by atoms with Crippen LogP contribution in [-0.2, 0) is 0 Å². The largest absolute Gasteiger partial charge is 0.409 e. The highest BCUT2D eigenvalue weighted by Gasteiger charge is 2.07. The molecule has 0 aliphatic rings. The van der Waals surface area contributed by atoms with Gasteiger partial charge in [0.25, 0.3) is 0 Å². The number of halogens is 1. The number of oxime groups is 1. The number of amidine groups is 1.